The summed E-state index contributed by atoms with van der Waals surface area (Å²) >= 11 is 4.84. The molecule has 0 saturated carbocycles. The zero-order chi connectivity index (χ0) is 13.1. The minimum absolute atomic E-state index is 0.186. The maximum Gasteiger partial charge on any atom is 0.134 e. The quantitative estimate of drug-likeness (QED) is 0.900. The molecule has 1 unspecified atom stereocenters. The van der Waals surface area contributed by atoms with Crippen LogP contribution in [0, 0.1) is 5.82 Å². The lowest BCUT2D eigenvalue weighted by Crippen LogP contribution is -2.17. The lowest BCUT2D eigenvalue weighted by molar-refractivity contribution is 0.586. The molecule has 1 N–H and O–H groups in total. The molecule has 2 nitrogen and oxygen atoms in total. The van der Waals surface area contributed by atoms with Crippen molar-refractivity contribution in [2.45, 2.75) is 19.9 Å². The Morgan fingerprint density at radius 2 is 2.28 bits per heavy atom. The number of nitrogens with one attached hydrogen (secondary N) is 1. The van der Waals surface area contributed by atoms with Crippen LogP contribution in [-0.2, 0) is 0 Å². The number of nitrogens with zero attached hydrogens (tertiary/aromatic N) is 1. The summed E-state index contributed by atoms with van der Waals surface area (Å²) in [5.41, 5.74) is 1.49. The molecule has 2 rings (SSSR count). The van der Waals surface area contributed by atoms with Gasteiger partial charge in [-0.05, 0) is 41.5 Å². The largest absolute Gasteiger partial charge is 0.309 e. The number of halogens is 2. The Bertz CT molecular complexity index is 521. The molecule has 5 heteroatoms. The number of aromatic nitrogens is 1. The molecule has 1 heterocycles. The predicted octanol–water partition coefficient (Wildman–Crippen LogP) is 4.38. The molecule has 2 aromatic rings. The van der Waals surface area contributed by atoms with Gasteiger partial charge in [-0.25, -0.2) is 9.37 Å². The van der Waals surface area contributed by atoms with E-state index < -0.39 is 0 Å². The second-order valence-corrected chi connectivity index (χ2v) is 5.67. The first-order chi connectivity index (χ1) is 8.63. The Balaban J connectivity index is 2.35. The average molecular weight is 329 g/mol. The van der Waals surface area contributed by atoms with Crippen molar-refractivity contribution >= 4 is 27.3 Å². The van der Waals surface area contributed by atoms with Crippen LogP contribution in [-0.4, -0.2) is 11.5 Å². The van der Waals surface area contributed by atoms with Gasteiger partial charge in [-0.2, -0.15) is 0 Å². The molecule has 0 radical (unpaired) electrons. The maximum absolute atomic E-state index is 13.8. The van der Waals surface area contributed by atoms with Crippen LogP contribution in [0.3, 0.4) is 0 Å². The highest BCUT2D eigenvalue weighted by Crippen LogP contribution is 2.33. The summed E-state index contributed by atoms with van der Waals surface area (Å²) in [6.07, 6.45) is 0. The Labute approximate surface area is 118 Å². The lowest BCUT2D eigenvalue weighted by atomic mass is 10.2. The van der Waals surface area contributed by atoms with E-state index >= 15 is 0 Å². The van der Waals surface area contributed by atoms with Gasteiger partial charge in [0.15, 0.2) is 0 Å². The fraction of sp³-hybridized carbons (Fsp3) is 0.308. The summed E-state index contributed by atoms with van der Waals surface area (Å²) in [6, 6.07) is 5.14. The van der Waals surface area contributed by atoms with Crippen LogP contribution in [0.15, 0.2) is 28.1 Å². The topological polar surface area (TPSA) is 24.9 Å². The lowest BCUT2D eigenvalue weighted by Gasteiger charge is -2.08. The molecular formula is C13H14BrFN2S. The van der Waals surface area contributed by atoms with Crippen LogP contribution in [0.1, 0.15) is 25.6 Å². The predicted molar refractivity (Wildman–Crippen MR) is 77.3 cm³/mol. The molecule has 0 spiro atoms. The van der Waals surface area contributed by atoms with Gasteiger partial charge in [-0.15, -0.1) is 11.3 Å². The number of thiazole rings is 1. The molecule has 0 aliphatic carbocycles. The summed E-state index contributed by atoms with van der Waals surface area (Å²) in [7, 11) is 0. The van der Waals surface area contributed by atoms with Crippen LogP contribution >= 0.6 is 27.3 Å². The van der Waals surface area contributed by atoms with Gasteiger partial charge in [0, 0.05) is 15.9 Å². The Morgan fingerprint density at radius 3 is 2.94 bits per heavy atom. The molecule has 0 fully saturated rings. The van der Waals surface area contributed by atoms with E-state index in [0.717, 1.165) is 16.7 Å². The standard InChI is InChI=1S/C13H14BrFN2S/c1-3-16-8(2)11-7-18-13(17-11)12-9(14)5-4-6-10(12)15/h4-8,16H,3H2,1-2H3. The summed E-state index contributed by atoms with van der Waals surface area (Å²) in [4.78, 5) is 4.51. The second-order valence-electron chi connectivity index (χ2n) is 3.95. The SMILES string of the molecule is CCNC(C)c1csc(-c2c(F)cccc2Br)n1. The van der Waals surface area contributed by atoms with Crippen molar-refractivity contribution in [2.75, 3.05) is 6.54 Å². The number of rotatable bonds is 4. The number of benzene rings is 1. The van der Waals surface area contributed by atoms with Gasteiger partial charge < -0.3 is 5.32 Å². The van der Waals surface area contributed by atoms with Gasteiger partial charge in [0.1, 0.15) is 10.8 Å². The Morgan fingerprint density at radius 1 is 1.50 bits per heavy atom. The van der Waals surface area contributed by atoms with Crippen LogP contribution in [0.2, 0.25) is 0 Å². The van der Waals surface area contributed by atoms with Crippen LogP contribution < -0.4 is 5.32 Å². The van der Waals surface area contributed by atoms with Crippen LogP contribution in [0.4, 0.5) is 4.39 Å². The first-order valence-electron chi connectivity index (χ1n) is 5.76. The van der Waals surface area contributed by atoms with Gasteiger partial charge in [0.2, 0.25) is 0 Å². The molecule has 0 aliphatic heterocycles. The van der Waals surface area contributed by atoms with E-state index in [2.05, 4.69) is 40.1 Å². The zero-order valence-corrected chi connectivity index (χ0v) is 12.6. The van der Waals surface area contributed by atoms with E-state index in [4.69, 9.17) is 0 Å². The minimum atomic E-state index is -0.249. The highest BCUT2D eigenvalue weighted by Gasteiger charge is 2.15. The van der Waals surface area contributed by atoms with Crippen molar-refractivity contribution in [3.05, 3.63) is 39.6 Å². The number of hydrogen-bond donors (Lipinski definition) is 1. The molecule has 0 amide bonds. The van der Waals surface area contributed by atoms with Crippen molar-refractivity contribution in [3.8, 4) is 10.6 Å². The maximum atomic E-state index is 13.8. The Hall–Kier alpha value is -0.780. The molecule has 1 aromatic heterocycles. The highest BCUT2D eigenvalue weighted by molar-refractivity contribution is 9.10. The fourth-order valence-electron chi connectivity index (χ4n) is 1.71. The van der Waals surface area contributed by atoms with Gasteiger partial charge >= 0.3 is 0 Å². The van der Waals surface area contributed by atoms with Crippen molar-refractivity contribution in [2.24, 2.45) is 0 Å². The summed E-state index contributed by atoms with van der Waals surface area (Å²) < 4.78 is 14.6. The monoisotopic (exact) mass is 328 g/mol. The third-order valence-electron chi connectivity index (χ3n) is 2.65. The molecule has 18 heavy (non-hydrogen) atoms. The normalized spacial score (nSPS) is 12.7. The first kappa shape index (κ1) is 13.6. The van der Waals surface area contributed by atoms with Gasteiger partial charge in [-0.3, -0.25) is 0 Å². The van der Waals surface area contributed by atoms with Gasteiger partial charge in [-0.1, -0.05) is 13.0 Å². The Kier molecular flexibility index (Phi) is 4.48. The highest BCUT2D eigenvalue weighted by atomic mass is 79.9. The first-order valence-corrected chi connectivity index (χ1v) is 7.44. The summed E-state index contributed by atoms with van der Waals surface area (Å²) in [5.74, 6) is -0.249. The van der Waals surface area contributed by atoms with Crippen molar-refractivity contribution in [1.82, 2.24) is 10.3 Å². The van der Waals surface area contributed by atoms with Crippen molar-refractivity contribution < 1.29 is 4.39 Å². The van der Waals surface area contributed by atoms with Crippen LogP contribution in [0.5, 0.6) is 0 Å². The molecule has 1 atom stereocenters. The van der Waals surface area contributed by atoms with E-state index in [-0.39, 0.29) is 11.9 Å². The molecule has 1 aromatic carbocycles. The van der Waals surface area contributed by atoms with Crippen LogP contribution in [0.25, 0.3) is 10.6 Å². The average Bonchev–Trinajstić information content (AvgIpc) is 2.78. The minimum Gasteiger partial charge on any atom is -0.309 e. The van der Waals surface area contributed by atoms with E-state index in [1.54, 1.807) is 6.07 Å². The molecule has 0 bridgehead atoms. The van der Waals surface area contributed by atoms with E-state index in [1.165, 1.54) is 17.4 Å². The smallest absolute Gasteiger partial charge is 0.134 e. The zero-order valence-electron chi connectivity index (χ0n) is 10.2. The van der Waals surface area contributed by atoms with E-state index in [0.29, 0.717) is 10.6 Å². The van der Waals surface area contributed by atoms with Crippen molar-refractivity contribution in [1.29, 1.82) is 0 Å². The van der Waals surface area contributed by atoms with Gasteiger partial charge in [0.25, 0.3) is 0 Å². The number of hydrogen-bond acceptors (Lipinski definition) is 3. The van der Waals surface area contributed by atoms with E-state index in [1.807, 2.05) is 11.4 Å². The summed E-state index contributed by atoms with van der Waals surface area (Å²) in [5, 5.41) is 5.98. The van der Waals surface area contributed by atoms with E-state index in [9.17, 15) is 4.39 Å². The third-order valence-corrected chi connectivity index (χ3v) is 4.19. The van der Waals surface area contributed by atoms with Crippen molar-refractivity contribution in [3.63, 3.8) is 0 Å². The second kappa shape index (κ2) is 5.91. The molecule has 96 valence electrons. The fourth-order valence-corrected chi connectivity index (χ4v) is 3.35. The molecule has 0 aliphatic rings. The summed E-state index contributed by atoms with van der Waals surface area (Å²) in [6.45, 7) is 4.99. The van der Waals surface area contributed by atoms with Gasteiger partial charge in [0.05, 0.1) is 11.3 Å². The molecule has 0 saturated heterocycles. The third kappa shape index (κ3) is 2.79. The molecular weight excluding hydrogens is 315 g/mol.